The number of aliphatic imine (C=N–C) groups is 1. The van der Waals surface area contributed by atoms with Crippen molar-refractivity contribution >= 4 is 28.5 Å². The molecule has 3 nitrogen and oxygen atoms in total. The standard InChI is InChI=1S/C20H19N3/c1-13-8-9-19-17(10-13)22-18-11-14(2)16(21)12-20(18)23(19)15-6-4-3-5-7-15/h3-9,11-12H,10,21H2,1-2H3. The molecule has 4 rings (SSSR count). The Morgan fingerprint density at radius 2 is 1.83 bits per heavy atom. The lowest BCUT2D eigenvalue weighted by Gasteiger charge is -2.34. The number of aryl methyl sites for hydroxylation is 1. The van der Waals surface area contributed by atoms with Gasteiger partial charge in [0.1, 0.15) is 0 Å². The topological polar surface area (TPSA) is 41.6 Å². The number of rotatable bonds is 1. The van der Waals surface area contributed by atoms with Gasteiger partial charge in [0.15, 0.2) is 0 Å². The van der Waals surface area contributed by atoms with E-state index in [0.29, 0.717) is 0 Å². The van der Waals surface area contributed by atoms with E-state index in [4.69, 9.17) is 10.7 Å². The number of hydrogen-bond acceptors (Lipinski definition) is 3. The number of para-hydroxylation sites is 1. The largest absolute Gasteiger partial charge is 0.398 e. The van der Waals surface area contributed by atoms with Crippen molar-refractivity contribution in [3.63, 3.8) is 0 Å². The number of nitrogens with zero attached hydrogens (tertiary/aromatic N) is 2. The van der Waals surface area contributed by atoms with E-state index < -0.39 is 0 Å². The average molecular weight is 301 g/mol. The Bertz CT molecular complexity index is 873. The highest BCUT2D eigenvalue weighted by Crippen LogP contribution is 2.44. The number of anilines is 3. The Morgan fingerprint density at radius 1 is 1.04 bits per heavy atom. The van der Waals surface area contributed by atoms with Crippen LogP contribution in [0.2, 0.25) is 0 Å². The summed E-state index contributed by atoms with van der Waals surface area (Å²) in [6.45, 7) is 4.17. The molecule has 2 aromatic rings. The maximum atomic E-state index is 6.17. The Labute approximate surface area is 136 Å². The van der Waals surface area contributed by atoms with Gasteiger partial charge in [-0.2, -0.15) is 0 Å². The monoisotopic (exact) mass is 301 g/mol. The molecule has 1 aliphatic carbocycles. The van der Waals surface area contributed by atoms with Gasteiger partial charge >= 0.3 is 0 Å². The number of hydrogen-bond donors (Lipinski definition) is 1. The van der Waals surface area contributed by atoms with Crippen molar-refractivity contribution in [3.8, 4) is 0 Å². The van der Waals surface area contributed by atoms with Gasteiger partial charge in [0, 0.05) is 17.8 Å². The quantitative estimate of drug-likeness (QED) is 0.750. The van der Waals surface area contributed by atoms with E-state index in [2.05, 4.69) is 54.3 Å². The van der Waals surface area contributed by atoms with E-state index in [1.807, 2.05) is 19.1 Å². The fourth-order valence-electron chi connectivity index (χ4n) is 3.13. The van der Waals surface area contributed by atoms with Crippen LogP contribution < -0.4 is 10.6 Å². The number of allylic oxidation sites excluding steroid dienone is 4. The van der Waals surface area contributed by atoms with Crippen molar-refractivity contribution in [2.45, 2.75) is 20.3 Å². The zero-order valence-electron chi connectivity index (χ0n) is 13.4. The molecule has 0 saturated heterocycles. The Hall–Kier alpha value is -2.81. The Balaban J connectivity index is 1.98. The number of benzene rings is 2. The molecule has 0 saturated carbocycles. The van der Waals surface area contributed by atoms with E-state index in [-0.39, 0.29) is 0 Å². The SMILES string of the molecule is CC1=CC=C2C(=Nc3cc(C)c(N)cc3N2c2ccccc2)C1. The van der Waals surface area contributed by atoms with E-state index >= 15 is 0 Å². The van der Waals surface area contributed by atoms with Gasteiger partial charge < -0.3 is 10.6 Å². The highest BCUT2D eigenvalue weighted by Gasteiger charge is 2.28. The Kier molecular flexibility index (Phi) is 3.08. The van der Waals surface area contributed by atoms with Gasteiger partial charge in [-0.25, -0.2) is 4.99 Å². The first-order valence-electron chi connectivity index (χ1n) is 7.84. The van der Waals surface area contributed by atoms with Crippen LogP contribution in [-0.4, -0.2) is 5.71 Å². The normalized spacial score (nSPS) is 16.1. The molecule has 2 aromatic carbocycles. The third-order valence-electron chi connectivity index (χ3n) is 4.38. The minimum Gasteiger partial charge on any atom is -0.398 e. The highest BCUT2D eigenvalue weighted by atomic mass is 15.2. The lowest BCUT2D eigenvalue weighted by Crippen LogP contribution is -2.27. The summed E-state index contributed by atoms with van der Waals surface area (Å²) in [4.78, 5) is 7.17. The molecule has 0 amide bonds. The molecule has 0 spiro atoms. The first-order chi connectivity index (χ1) is 11.1. The zero-order chi connectivity index (χ0) is 16.0. The number of fused-ring (bicyclic) bond motifs is 2. The van der Waals surface area contributed by atoms with Crippen molar-refractivity contribution in [1.82, 2.24) is 0 Å². The molecular formula is C20H19N3. The molecule has 2 aliphatic rings. The molecule has 0 unspecified atom stereocenters. The van der Waals surface area contributed by atoms with Crippen LogP contribution in [0.1, 0.15) is 18.9 Å². The lowest BCUT2D eigenvalue weighted by molar-refractivity contribution is 1.12. The maximum Gasteiger partial charge on any atom is 0.0878 e. The van der Waals surface area contributed by atoms with Crippen LogP contribution in [0.3, 0.4) is 0 Å². The van der Waals surface area contributed by atoms with Crippen LogP contribution in [0.4, 0.5) is 22.7 Å². The summed E-state index contributed by atoms with van der Waals surface area (Å²) in [6.07, 6.45) is 5.22. The minimum atomic E-state index is 0.798. The molecule has 114 valence electrons. The molecule has 0 aromatic heterocycles. The zero-order valence-corrected chi connectivity index (χ0v) is 13.4. The summed E-state index contributed by atoms with van der Waals surface area (Å²) >= 11 is 0. The second-order valence-electron chi connectivity index (χ2n) is 6.17. The molecule has 0 fully saturated rings. The number of nitrogen functional groups attached to an aromatic ring is 1. The van der Waals surface area contributed by atoms with E-state index in [1.54, 1.807) is 0 Å². The smallest absolute Gasteiger partial charge is 0.0878 e. The first kappa shape index (κ1) is 13.8. The van der Waals surface area contributed by atoms with Gasteiger partial charge in [-0.05, 0) is 49.8 Å². The van der Waals surface area contributed by atoms with Gasteiger partial charge in [0.2, 0.25) is 0 Å². The molecular weight excluding hydrogens is 282 g/mol. The lowest BCUT2D eigenvalue weighted by atomic mass is 9.97. The second-order valence-corrected chi connectivity index (χ2v) is 6.17. The van der Waals surface area contributed by atoms with Crippen molar-refractivity contribution < 1.29 is 0 Å². The summed E-state index contributed by atoms with van der Waals surface area (Å²) in [5.74, 6) is 0. The number of nitrogens with two attached hydrogens (primary N) is 1. The first-order valence-corrected chi connectivity index (χ1v) is 7.84. The van der Waals surface area contributed by atoms with E-state index in [0.717, 1.165) is 46.1 Å². The van der Waals surface area contributed by atoms with Crippen LogP contribution in [0.25, 0.3) is 0 Å². The molecule has 1 aliphatic heterocycles. The predicted molar refractivity (Wildman–Crippen MR) is 97.7 cm³/mol. The summed E-state index contributed by atoms with van der Waals surface area (Å²) in [6, 6.07) is 14.5. The molecule has 0 radical (unpaired) electrons. The second kappa shape index (κ2) is 5.13. The Morgan fingerprint density at radius 3 is 2.61 bits per heavy atom. The van der Waals surface area contributed by atoms with Crippen LogP contribution >= 0.6 is 0 Å². The van der Waals surface area contributed by atoms with Crippen molar-refractivity contribution in [2.75, 3.05) is 10.6 Å². The fourth-order valence-corrected chi connectivity index (χ4v) is 3.13. The predicted octanol–water partition coefficient (Wildman–Crippen LogP) is 5.04. The van der Waals surface area contributed by atoms with Crippen LogP contribution in [-0.2, 0) is 0 Å². The van der Waals surface area contributed by atoms with Gasteiger partial charge in [0.05, 0.1) is 22.8 Å². The highest BCUT2D eigenvalue weighted by molar-refractivity contribution is 6.12. The van der Waals surface area contributed by atoms with Gasteiger partial charge in [0.25, 0.3) is 0 Å². The van der Waals surface area contributed by atoms with Crippen molar-refractivity contribution in [3.05, 3.63) is 71.5 Å². The fraction of sp³-hybridized carbons (Fsp3) is 0.150. The third kappa shape index (κ3) is 2.25. The maximum absolute atomic E-state index is 6.17. The molecule has 3 heteroatoms. The molecule has 0 bridgehead atoms. The van der Waals surface area contributed by atoms with E-state index in [9.17, 15) is 0 Å². The van der Waals surface area contributed by atoms with Crippen LogP contribution in [0, 0.1) is 6.92 Å². The summed E-state index contributed by atoms with van der Waals surface area (Å²) in [5.41, 5.74) is 14.8. The molecule has 1 heterocycles. The van der Waals surface area contributed by atoms with Crippen LogP contribution in [0.15, 0.2) is 70.9 Å². The van der Waals surface area contributed by atoms with Crippen molar-refractivity contribution in [1.29, 1.82) is 0 Å². The van der Waals surface area contributed by atoms with Gasteiger partial charge in [-0.1, -0.05) is 29.8 Å². The van der Waals surface area contributed by atoms with Gasteiger partial charge in [-0.15, -0.1) is 0 Å². The summed E-state index contributed by atoms with van der Waals surface area (Å²) in [5, 5.41) is 0. The van der Waals surface area contributed by atoms with Gasteiger partial charge in [-0.3, -0.25) is 0 Å². The van der Waals surface area contributed by atoms with Crippen molar-refractivity contribution in [2.24, 2.45) is 4.99 Å². The minimum absolute atomic E-state index is 0.798. The summed E-state index contributed by atoms with van der Waals surface area (Å²) in [7, 11) is 0. The molecule has 2 N–H and O–H groups in total. The van der Waals surface area contributed by atoms with Crippen LogP contribution in [0.5, 0.6) is 0 Å². The molecule has 0 atom stereocenters. The average Bonchev–Trinajstić information content (AvgIpc) is 2.55. The summed E-state index contributed by atoms with van der Waals surface area (Å²) < 4.78 is 0. The molecule has 23 heavy (non-hydrogen) atoms. The van der Waals surface area contributed by atoms with E-state index in [1.165, 1.54) is 5.57 Å². The third-order valence-corrected chi connectivity index (χ3v) is 4.38.